The maximum absolute atomic E-state index is 9.41. The zero-order chi connectivity index (χ0) is 18.0. The number of halogens is 3. The summed E-state index contributed by atoms with van der Waals surface area (Å²) in [5.41, 5.74) is 9.05. The molecule has 0 aliphatic carbocycles. The number of nitrogens with zero attached hydrogens (tertiary/aromatic N) is 1. The second kappa shape index (κ2) is 7.66. The summed E-state index contributed by atoms with van der Waals surface area (Å²) in [5, 5.41) is 18.8. The standard InChI is InChI=1S/C17H12BrCl2N3OS/c18-9-1-4-15(14(21)7-9)22-10-2-3-11(13(20)8-10)16(23-24)17-12(19)5-6-25-17/h1-8,22,24H,21H2/b23-16-. The number of nitrogens with one attached hydrogen (secondary N) is 1. The van der Waals surface area contributed by atoms with Gasteiger partial charge in [-0.1, -0.05) is 44.3 Å². The molecule has 4 nitrogen and oxygen atoms in total. The lowest BCUT2D eigenvalue weighted by molar-refractivity contribution is 0.320. The van der Waals surface area contributed by atoms with Gasteiger partial charge in [-0.25, -0.2) is 0 Å². The lowest BCUT2D eigenvalue weighted by atomic mass is 10.1. The molecule has 2 aromatic carbocycles. The van der Waals surface area contributed by atoms with Gasteiger partial charge in [0.05, 0.1) is 26.3 Å². The number of thiophene rings is 1. The van der Waals surface area contributed by atoms with E-state index in [0.717, 1.165) is 15.8 Å². The Morgan fingerprint density at radius 1 is 1.12 bits per heavy atom. The van der Waals surface area contributed by atoms with Crippen LogP contribution in [0.2, 0.25) is 10.0 Å². The van der Waals surface area contributed by atoms with Gasteiger partial charge in [0, 0.05) is 15.7 Å². The highest BCUT2D eigenvalue weighted by atomic mass is 79.9. The average molecular weight is 457 g/mol. The van der Waals surface area contributed by atoms with Gasteiger partial charge in [0.2, 0.25) is 0 Å². The van der Waals surface area contributed by atoms with Gasteiger partial charge in [-0.05, 0) is 47.8 Å². The highest BCUT2D eigenvalue weighted by Gasteiger charge is 2.16. The lowest BCUT2D eigenvalue weighted by Crippen LogP contribution is -2.03. The SMILES string of the molecule is Nc1cc(Br)ccc1Nc1ccc(/C(=N/O)c2sccc2Cl)c(Cl)c1. The summed E-state index contributed by atoms with van der Waals surface area (Å²) in [6.07, 6.45) is 0. The van der Waals surface area contributed by atoms with Crippen molar-refractivity contribution in [3.05, 3.63) is 72.8 Å². The van der Waals surface area contributed by atoms with E-state index in [1.807, 2.05) is 29.6 Å². The first-order valence-corrected chi connectivity index (χ1v) is 9.50. The number of hydrogen-bond acceptors (Lipinski definition) is 5. The molecule has 0 fully saturated rings. The predicted octanol–water partition coefficient (Wildman–Crippen LogP) is 6.37. The van der Waals surface area contributed by atoms with Crippen LogP contribution < -0.4 is 11.1 Å². The largest absolute Gasteiger partial charge is 0.410 e. The van der Waals surface area contributed by atoms with Gasteiger partial charge in [-0.3, -0.25) is 0 Å². The zero-order valence-corrected chi connectivity index (χ0v) is 16.5. The van der Waals surface area contributed by atoms with Gasteiger partial charge >= 0.3 is 0 Å². The molecule has 0 aliphatic rings. The van der Waals surface area contributed by atoms with Crippen molar-refractivity contribution in [2.45, 2.75) is 0 Å². The Morgan fingerprint density at radius 2 is 1.92 bits per heavy atom. The molecule has 0 spiro atoms. The third-order valence-corrected chi connectivity index (χ3v) is 5.60. The monoisotopic (exact) mass is 455 g/mol. The van der Waals surface area contributed by atoms with E-state index in [0.29, 0.717) is 31.9 Å². The fourth-order valence-corrected chi connectivity index (χ4v) is 4.07. The van der Waals surface area contributed by atoms with Crippen LogP contribution in [0.15, 0.2) is 57.5 Å². The first-order valence-electron chi connectivity index (χ1n) is 7.07. The Morgan fingerprint density at radius 3 is 2.52 bits per heavy atom. The Hall–Kier alpha value is -1.73. The zero-order valence-electron chi connectivity index (χ0n) is 12.6. The van der Waals surface area contributed by atoms with Crippen LogP contribution in [0.25, 0.3) is 0 Å². The fraction of sp³-hybridized carbons (Fsp3) is 0. The van der Waals surface area contributed by atoms with E-state index in [1.54, 1.807) is 18.2 Å². The predicted molar refractivity (Wildman–Crippen MR) is 110 cm³/mol. The number of hydrogen-bond donors (Lipinski definition) is 3. The van der Waals surface area contributed by atoms with Crippen molar-refractivity contribution in [2.24, 2.45) is 5.16 Å². The van der Waals surface area contributed by atoms with Crippen LogP contribution in [0.5, 0.6) is 0 Å². The van der Waals surface area contributed by atoms with Gasteiger partial charge in [-0.15, -0.1) is 11.3 Å². The fourth-order valence-electron chi connectivity index (χ4n) is 2.27. The van der Waals surface area contributed by atoms with E-state index < -0.39 is 0 Å². The van der Waals surface area contributed by atoms with E-state index in [2.05, 4.69) is 26.4 Å². The van der Waals surface area contributed by atoms with Gasteiger partial charge < -0.3 is 16.3 Å². The molecule has 3 aromatic rings. The second-order valence-electron chi connectivity index (χ2n) is 5.10. The van der Waals surface area contributed by atoms with Crippen molar-refractivity contribution in [3.8, 4) is 0 Å². The van der Waals surface area contributed by atoms with Crippen LogP contribution in [0, 0.1) is 0 Å². The van der Waals surface area contributed by atoms with E-state index in [1.165, 1.54) is 11.3 Å². The molecule has 0 saturated carbocycles. The molecule has 1 heterocycles. The minimum atomic E-state index is 0.333. The first kappa shape index (κ1) is 18.1. The first-order chi connectivity index (χ1) is 12.0. The van der Waals surface area contributed by atoms with E-state index >= 15 is 0 Å². The molecule has 0 bridgehead atoms. The average Bonchev–Trinajstić information content (AvgIpc) is 2.99. The minimum Gasteiger partial charge on any atom is -0.410 e. The summed E-state index contributed by atoms with van der Waals surface area (Å²) in [6.45, 7) is 0. The van der Waals surface area contributed by atoms with Gasteiger partial charge in [-0.2, -0.15) is 0 Å². The molecule has 1 aromatic heterocycles. The highest BCUT2D eigenvalue weighted by molar-refractivity contribution is 9.10. The molecule has 8 heteroatoms. The molecule has 0 radical (unpaired) electrons. The van der Waals surface area contributed by atoms with Crippen molar-refractivity contribution >= 4 is 73.2 Å². The van der Waals surface area contributed by atoms with Gasteiger partial charge in [0.15, 0.2) is 0 Å². The maximum atomic E-state index is 9.41. The minimum absolute atomic E-state index is 0.333. The molecule has 128 valence electrons. The number of oxime groups is 1. The second-order valence-corrected chi connectivity index (χ2v) is 7.74. The summed E-state index contributed by atoms with van der Waals surface area (Å²) in [7, 11) is 0. The molecule has 0 amide bonds. The van der Waals surface area contributed by atoms with Crippen molar-refractivity contribution < 1.29 is 5.21 Å². The van der Waals surface area contributed by atoms with E-state index in [9.17, 15) is 5.21 Å². The number of rotatable bonds is 4. The number of nitrogens with two attached hydrogens (primary N) is 1. The van der Waals surface area contributed by atoms with Gasteiger partial charge in [0.1, 0.15) is 5.71 Å². The molecule has 3 rings (SSSR count). The Bertz CT molecular complexity index is 959. The number of anilines is 3. The molecular formula is C17H12BrCl2N3OS. The third-order valence-electron chi connectivity index (χ3n) is 3.45. The molecule has 25 heavy (non-hydrogen) atoms. The number of benzene rings is 2. The Kier molecular flexibility index (Phi) is 5.54. The Labute approximate surface area is 167 Å². The van der Waals surface area contributed by atoms with Crippen LogP contribution in [0.3, 0.4) is 0 Å². The number of nitrogen functional groups attached to an aromatic ring is 1. The highest BCUT2D eigenvalue weighted by Crippen LogP contribution is 2.32. The maximum Gasteiger partial charge on any atom is 0.130 e. The van der Waals surface area contributed by atoms with Crippen LogP contribution in [0.1, 0.15) is 10.4 Å². The summed E-state index contributed by atoms with van der Waals surface area (Å²) in [6, 6.07) is 12.7. The molecule has 0 saturated heterocycles. The quantitative estimate of drug-likeness (QED) is 0.185. The summed E-state index contributed by atoms with van der Waals surface area (Å²) >= 11 is 17.3. The van der Waals surface area contributed by atoms with E-state index in [4.69, 9.17) is 28.9 Å². The van der Waals surface area contributed by atoms with Crippen LogP contribution in [-0.4, -0.2) is 10.9 Å². The van der Waals surface area contributed by atoms with E-state index in [-0.39, 0.29) is 0 Å². The van der Waals surface area contributed by atoms with Crippen molar-refractivity contribution in [1.29, 1.82) is 0 Å². The normalized spacial score (nSPS) is 11.6. The third kappa shape index (κ3) is 3.93. The molecule has 0 aliphatic heterocycles. The van der Waals surface area contributed by atoms with Crippen LogP contribution in [-0.2, 0) is 0 Å². The summed E-state index contributed by atoms with van der Waals surface area (Å²) in [4.78, 5) is 0.656. The van der Waals surface area contributed by atoms with Crippen molar-refractivity contribution in [2.75, 3.05) is 11.1 Å². The smallest absolute Gasteiger partial charge is 0.130 e. The molecule has 0 atom stereocenters. The van der Waals surface area contributed by atoms with Crippen LogP contribution >= 0.6 is 50.5 Å². The summed E-state index contributed by atoms with van der Waals surface area (Å²) in [5.74, 6) is 0. The van der Waals surface area contributed by atoms with Crippen LogP contribution in [0.4, 0.5) is 17.1 Å². The van der Waals surface area contributed by atoms with Crippen molar-refractivity contribution in [3.63, 3.8) is 0 Å². The Balaban J connectivity index is 1.92. The topological polar surface area (TPSA) is 70.6 Å². The molecular weight excluding hydrogens is 445 g/mol. The lowest BCUT2D eigenvalue weighted by Gasteiger charge is -2.12. The van der Waals surface area contributed by atoms with Crippen molar-refractivity contribution in [1.82, 2.24) is 0 Å². The molecule has 0 unspecified atom stereocenters. The van der Waals surface area contributed by atoms with Gasteiger partial charge in [0.25, 0.3) is 0 Å². The summed E-state index contributed by atoms with van der Waals surface area (Å²) < 4.78 is 0.903. The molecule has 4 N–H and O–H groups in total.